The van der Waals surface area contributed by atoms with Crippen LogP contribution in [0.5, 0.6) is 5.75 Å². The van der Waals surface area contributed by atoms with E-state index < -0.39 is 23.3 Å². The van der Waals surface area contributed by atoms with Crippen LogP contribution in [-0.2, 0) is 0 Å². The topological polar surface area (TPSA) is 74.6 Å². The summed E-state index contributed by atoms with van der Waals surface area (Å²) in [6.45, 7) is 0. The van der Waals surface area contributed by atoms with Gasteiger partial charge in [-0.25, -0.2) is 9.18 Å². The predicted molar refractivity (Wildman–Crippen MR) is 64.9 cm³/mol. The van der Waals surface area contributed by atoms with Gasteiger partial charge in [-0.2, -0.15) is 0 Å². The first-order valence-corrected chi connectivity index (χ1v) is 5.35. The second-order valence-electron chi connectivity index (χ2n) is 3.88. The molecule has 0 aliphatic carbocycles. The van der Waals surface area contributed by atoms with Crippen LogP contribution in [0.25, 0.3) is 0 Å². The Kier molecular flexibility index (Phi) is 3.29. The molecular weight excluding hydrogens is 251 g/mol. The number of carbonyl (C=O) groups is 2. The fourth-order valence-corrected chi connectivity index (χ4v) is 1.58. The lowest BCUT2D eigenvalue weighted by molar-refractivity contribution is 0.0696. The highest BCUT2D eigenvalue weighted by atomic mass is 19.1. The lowest BCUT2D eigenvalue weighted by atomic mass is 10.0. The highest BCUT2D eigenvalue weighted by molar-refractivity contribution is 6.09. The number of carbonyl (C=O) groups excluding carboxylic acids is 1. The zero-order valence-corrected chi connectivity index (χ0v) is 9.63. The lowest BCUT2D eigenvalue weighted by Crippen LogP contribution is -2.03. The summed E-state index contributed by atoms with van der Waals surface area (Å²) in [4.78, 5) is 22.7. The Bertz CT molecular complexity index is 647. The first-order chi connectivity index (χ1) is 8.99. The molecule has 0 unspecified atom stereocenters. The molecule has 0 spiro atoms. The summed E-state index contributed by atoms with van der Waals surface area (Å²) >= 11 is 0. The van der Waals surface area contributed by atoms with Crippen LogP contribution in [0.4, 0.5) is 4.39 Å². The standard InChI is InChI=1S/C14H9FO4/c15-11-7-10(5-6-12(11)16)13(17)8-1-3-9(4-2-8)14(18)19/h1-7,16H,(H,18,19). The average molecular weight is 260 g/mol. The van der Waals surface area contributed by atoms with Gasteiger partial charge in [-0.1, -0.05) is 12.1 Å². The SMILES string of the molecule is O=C(O)c1ccc(C(=O)c2ccc(O)c(F)c2)cc1. The third-order valence-electron chi connectivity index (χ3n) is 2.60. The van der Waals surface area contributed by atoms with E-state index in [4.69, 9.17) is 10.2 Å². The Labute approximate surface area is 107 Å². The predicted octanol–water partition coefficient (Wildman–Crippen LogP) is 2.46. The van der Waals surface area contributed by atoms with Crippen LogP contribution in [0.2, 0.25) is 0 Å². The maximum atomic E-state index is 13.1. The van der Waals surface area contributed by atoms with Gasteiger partial charge in [0.2, 0.25) is 0 Å². The van der Waals surface area contributed by atoms with Gasteiger partial charge in [0.25, 0.3) is 0 Å². The zero-order chi connectivity index (χ0) is 14.0. The smallest absolute Gasteiger partial charge is 0.335 e. The van der Waals surface area contributed by atoms with Crippen molar-refractivity contribution >= 4 is 11.8 Å². The Balaban J connectivity index is 2.33. The van der Waals surface area contributed by atoms with E-state index in [1.165, 1.54) is 30.3 Å². The van der Waals surface area contributed by atoms with Gasteiger partial charge in [-0.15, -0.1) is 0 Å². The Morgan fingerprint density at radius 1 is 0.895 bits per heavy atom. The maximum Gasteiger partial charge on any atom is 0.335 e. The highest BCUT2D eigenvalue weighted by Gasteiger charge is 2.12. The van der Waals surface area contributed by atoms with Crippen molar-refractivity contribution in [1.82, 2.24) is 0 Å². The van der Waals surface area contributed by atoms with E-state index in [0.29, 0.717) is 0 Å². The Morgan fingerprint density at radius 2 is 1.42 bits per heavy atom. The Hall–Kier alpha value is -2.69. The van der Waals surface area contributed by atoms with Gasteiger partial charge in [0, 0.05) is 11.1 Å². The molecule has 96 valence electrons. The normalized spacial score (nSPS) is 10.2. The van der Waals surface area contributed by atoms with Crippen molar-refractivity contribution < 1.29 is 24.2 Å². The van der Waals surface area contributed by atoms with Crippen molar-refractivity contribution in [3.63, 3.8) is 0 Å². The van der Waals surface area contributed by atoms with Crippen LogP contribution >= 0.6 is 0 Å². The number of hydrogen-bond donors (Lipinski definition) is 2. The molecule has 2 aromatic carbocycles. The number of carboxylic acid groups (broad SMARTS) is 1. The molecule has 0 aromatic heterocycles. The summed E-state index contributed by atoms with van der Waals surface area (Å²) in [6.07, 6.45) is 0. The minimum absolute atomic E-state index is 0.0634. The van der Waals surface area contributed by atoms with Crippen molar-refractivity contribution in [2.24, 2.45) is 0 Å². The zero-order valence-electron chi connectivity index (χ0n) is 9.63. The highest BCUT2D eigenvalue weighted by Crippen LogP contribution is 2.18. The van der Waals surface area contributed by atoms with Crippen LogP contribution in [0.15, 0.2) is 42.5 Å². The van der Waals surface area contributed by atoms with Crippen LogP contribution in [0, 0.1) is 5.82 Å². The number of aromatic hydroxyl groups is 1. The second-order valence-corrected chi connectivity index (χ2v) is 3.88. The second kappa shape index (κ2) is 4.89. The number of rotatable bonds is 3. The molecule has 2 aromatic rings. The minimum atomic E-state index is -1.09. The summed E-state index contributed by atoms with van der Waals surface area (Å²) in [5.41, 5.74) is 0.391. The quantitative estimate of drug-likeness (QED) is 0.831. The third-order valence-corrected chi connectivity index (χ3v) is 2.60. The first-order valence-electron chi connectivity index (χ1n) is 5.35. The Morgan fingerprint density at radius 3 is 1.95 bits per heavy atom. The third kappa shape index (κ3) is 2.60. The molecule has 2 rings (SSSR count). The molecule has 0 saturated carbocycles. The van der Waals surface area contributed by atoms with Crippen molar-refractivity contribution in [3.8, 4) is 5.75 Å². The van der Waals surface area contributed by atoms with Crippen molar-refractivity contribution in [3.05, 3.63) is 65.0 Å². The molecule has 0 heterocycles. The summed E-state index contributed by atoms with van der Waals surface area (Å²) < 4.78 is 13.1. The monoisotopic (exact) mass is 260 g/mol. The fourth-order valence-electron chi connectivity index (χ4n) is 1.58. The molecule has 0 saturated heterocycles. The number of carboxylic acids is 1. The van der Waals surface area contributed by atoms with E-state index in [-0.39, 0.29) is 16.7 Å². The fraction of sp³-hybridized carbons (Fsp3) is 0. The van der Waals surface area contributed by atoms with Gasteiger partial charge in [-0.3, -0.25) is 4.79 Å². The summed E-state index contributed by atoms with van der Waals surface area (Å²) in [7, 11) is 0. The van der Waals surface area contributed by atoms with Crippen molar-refractivity contribution in [2.75, 3.05) is 0 Å². The van der Waals surface area contributed by atoms with Gasteiger partial charge in [0.05, 0.1) is 5.56 Å². The van der Waals surface area contributed by atoms with E-state index in [2.05, 4.69) is 0 Å². The summed E-state index contributed by atoms with van der Waals surface area (Å²) in [5, 5.41) is 17.8. The lowest BCUT2D eigenvalue weighted by Gasteiger charge is -2.03. The molecule has 2 N–H and O–H groups in total. The number of phenolic OH excluding ortho intramolecular Hbond substituents is 1. The number of halogens is 1. The van der Waals surface area contributed by atoms with E-state index >= 15 is 0 Å². The average Bonchev–Trinajstić information content (AvgIpc) is 2.41. The molecule has 0 fully saturated rings. The van der Waals surface area contributed by atoms with E-state index in [1.54, 1.807) is 0 Å². The van der Waals surface area contributed by atoms with Gasteiger partial charge < -0.3 is 10.2 Å². The van der Waals surface area contributed by atoms with E-state index in [9.17, 15) is 14.0 Å². The van der Waals surface area contributed by atoms with Crippen molar-refractivity contribution in [2.45, 2.75) is 0 Å². The van der Waals surface area contributed by atoms with E-state index in [0.717, 1.165) is 12.1 Å². The maximum absolute atomic E-state index is 13.1. The van der Waals surface area contributed by atoms with E-state index in [1.807, 2.05) is 0 Å². The largest absolute Gasteiger partial charge is 0.505 e. The molecule has 5 heteroatoms. The van der Waals surface area contributed by atoms with Gasteiger partial charge >= 0.3 is 5.97 Å². The number of hydrogen-bond acceptors (Lipinski definition) is 3. The number of phenols is 1. The molecule has 0 radical (unpaired) electrons. The molecule has 0 aliphatic rings. The van der Waals surface area contributed by atoms with Crippen LogP contribution in [-0.4, -0.2) is 22.0 Å². The van der Waals surface area contributed by atoms with Crippen LogP contribution < -0.4 is 0 Å². The molecule has 0 amide bonds. The number of ketones is 1. The number of benzene rings is 2. The molecule has 19 heavy (non-hydrogen) atoms. The minimum Gasteiger partial charge on any atom is -0.505 e. The molecule has 0 aliphatic heterocycles. The molecule has 0 bridgehead atoms. The van der Waals surface area contributed by atoms with Gasteiger partial charge in [-0.05, 0) is 30.3 Å². The first kappa shape index (κ1) is 12.8. The van der Waals surface area contributed by atoms with Gasteiger partial charge in [0.15, 0.2) is 17.3 Å². The summed E-state index contributed by atoms with van der Waals surface area (Å²) in [6, 6.07) is 8.63. The summed E-state index contributed by atoms with van der Waals surface area (Å²) in [5.74, 6) is -2.95. The van der Waals surface area contributed by atoms with Crippen LogP contribution in [0.1, 0.15) is 26.3 Å². The molecular formula is C14H9FO4. The van der Waals surface area contributed by atoms with Crippen LogP contribution in [0.3, 0.4) is 0 Å². The van der Waals surface area contributed by atoms with Gasteiger partial charge in [0.1, 0.15) is 0 Å². The number of aromatic carboxylic acids is 1. The molecule has 4 nitrogen and oxygen atoms in total. The molecule has 0 atom stereocenters. The van der Waals surface area contributed by atoms with Crippen molar-refractivity contribution in [1.29, 1.82) is 0 Å².